The molecule has 0 spiro atoms. The van der Waals surface area contributed by atoms with Crippen molar-refractivity contribution in [1.82, 2.24) is 0 Å². The second kappa shape index (κ2) is 2.27. The van der Waals surface area contributed by atoms with Crippen LogP contribution in [0.2, 0.25) is 0 Å². The first-order chi connectivity index (χ1) is 4.34. The predicted octanol–water partition coefficient (Wildman–Crippen LogP) is 1.00. The van der Waals surface area contributed by atoms with Gasteiger partial charge in [-0.1, -0.05) is 12.1 Å². The molecule has 0 aromatic heterocycles. The smallest absolute Gasteiger partial charge is 0.169 e. The van der Waals surface area contributed by atoms with Crippen molar-refractivity contribution in [3.05, 3.63) is 24.3 Å². The highest BCUT2D eigenvalue weighted by Gasteiger charge is 1.93. The Balaban J connectivity index is 3.01. The number of rotatable bonds is 1. The van der Waals surface area contributed by atoms with Gasteiger partial charge >= 0.3 is 0 Å². The fourth-order valence-electron chi connectivity index (χ4n) is 0.526. The zero-order chi connectivity index (χ0) is 6.69. The Kier molecular flexibility index (Phi) is 1.46. The summed E-state index contributed by atoms with van der Waals surface area (Å²) in [4.78, 5) is 0. The Labute approximate surface area is 53.7 Å². The van der Waals surface area contributed by atoms with Gasteiger partial charge in [-0.05, 0) is 0 Å². The Morgan fingerprint density at radius 2 is 2.11 bits per heavy atom. The molecule has 0 saturated heterocycles. The molecule has 1 aromatic rings. The van der Waals surface area contributed by atoms with Crippen molar-refractivity contribution in [1.29, 1.82) is 0 Å². The van der Waals surface area contributed by atoms with Crippen LogP contribution in [0.3, 0.4) is 0 Å². The van der Waals surface area contributed by atoms with Crippen LogP contribution >= 0.6 is 0 Å². The van der Waals surface area contributed by atoms with Crippen LogP contribution in [0.25, 0.3) is 0 Å². The fraction of sp³-hybridized carbons (Fsp3) is 0.143. The summed E-state index contributed by atoms with van der Waals surface area (Å²) in [6.07, 6.45) is 0. The molecule has 1 aromatic carbocycles. The third-order valence-electron chi connectivity index (χ3n) is 0.968. The largest absolute Gasteiger partial charge is 0.504 e. The van der Waals surface area contributed by atoms with Crippen LogP contribution in [0.4, 0.5) is 0 Å². The van der Waals surface area contributed by atoms with E-state index >= 15 is 0 Å². The monoisotopic (exact) mass is 122 g/mol. The molecule has 0 fully saturated rings. The number of methoxy groups -OCH3 is 1. The number of hydrogen-bond donors (Lipinski definition) is 1. The third kappa shape index (κ3) is 1.06. The molecule has 0 amide bonds. The van der Waals surface area contributed by atoms with E-state index in [9.17, 15) is 0 Å². The second-order valence-corrected chi connectivity index (χ2v) is 1.53. The van der Waals surface area contributed by atoms with Crippen LogP contribution < -0.4 is 4.74 Å². The molecule has 9 heavy (non-hydrogen) atoms. The Bertz CT molecular complexity index is 196. The lowest BCUT2D eigenvalue weighted by molar-refractivity contribution is 0.373. The molecule has 0 aliphatic heterocycles. The highest BCUT2D eigenvalue weighted by molar-refractivity contribution is 5.35. The van der Waals surface area contributed by atoms with Crippen LogP contribution in [0.5, 0.6) is 11.5 Å². The van der Waals surface area contributed by atoms with Crippen molar-refractivity contribution < 1.29 is 9.84 Å². The normalized spacial score (nSPS) is 8.11. The van der Waals surface area contributed by atoms with Gasteiger partial charge in [0, 0.05) is 12.1 Å². The lowest BCUT2D eigenvalue weighted by Gasteiger charge is -1.96. The first-order valence-electron chi connectivity index (χ1n) is 2.49. The van der Waals surface area contributed by atoms with E-state index in [1.54, 1.807) is 0 Å². The minimum Gasteiger partial charge on any atom is -0.504 e. The van der Waals surface area contributed by atoms with E-state index in [1.807, 2.05) is 0 Å². The molecule has 0 radical (unpaired) electrons. The van der Waals surface area contributed by atoms with Crippen LogP contribution in [0.15, 0.2) is 12.1 Å². The summed E-state index contributed by atoms with van der Waals surface area (Å²) < 4.78 is 4.74. The van der Waals surface area contributed by atoms with E-state index in [1.165, 1.54) is 19.2 Å². The number of aromatic hydroxyl groups is 1. The summed E-state index contributed by atoms with van der Waals surface area (Å²) >= 11 is 0. The van der Waals surface area contributed by atoms with Crippen molar-refractivity contribution in [2.75, 3.05) is 7.11 Å². The minimum atomic E-state index is 0.0938. The van der Waals surface area contributed by atoms with Crippen molar-refractivity contribution >= 4 is 0 Å². The zero-order valence-corrected chi connectivity index (χ0v) is 5.01. The van der Waals surface area contributed by atoms with Gasteiger partial charge in [0.25, 0.3) is 0 Å². The van der Waals surface area contributed by atoms with E-state index in [4.69, 9.17) is 9.84 Å². The third-order valence-corrected chi connectivity index (χ3v) is 0.968. The van der Waals surface area contributed by atoms with Gasteiger partial charge in [-0.3, -0.25) is 0 Å². The van der Waals surface area contributed by atoms with E-state index in [2.05, 4.69) is 12.1 Å². The molecule has 2 nitrogen and oxygen atoms in total. The van der Waals surface area contributed by atoms with Crippen molar-refractivity contribution in [3.8, 4) is 11.5 Å². The van der Waals surface area contributed by atoms with E-state index in [-0.39, 0.29) is 5.75 Å². The van der Waals surface area contributed by atoms with Crippen LogP contribution in [-0.4, -0.2) is 12.2 Å². The van der Waals surface area contributed by atoms with Gasteiger partial charge in [0.2, 0.25) is 0 Å². The van der Waals surface area contributed by atoms with Crippen molar-refractivity contribution in [2.45, 2.75) is 0 Å². The molecule has 0 atom stereocenters. The molecule has 1 rings (SSSR count). The topological polar surface area (TPSA) is 29.5 Å². The van der Waals surface area contributed by atoms with Crippen LogP contribution in [-0.2, 0) is 0 Å². The molecule has 0 aliphatic carbocycles. The second-order valence-electron chi connectivity index (χ2n) is 1.53. The Morgan fingerprint density at radius 1 is 1.44 bits per heavy atom. The van der Waals surface area contributed by atoms with Crippen LogP contribution in [0, 0.1) is 12.1 Å². The van der Waals surface area contributed by atoms with E-state index in [0.29, 0.717) is 5.75 Å². The molecule has 0 unspecified atom stereocenters. The maximum absolute atomic E-state index is 8.93. The molecule has 0 heterocycles. The maximum Gasteiger partial charge on any atom is 0.169 e. The Hall–Kier alpha value is -1.36. The highest BCUT2D eigenvalue weighted by Crippen LogP contribution is 2.21. The van der Waals surface area contributed by atoms with Gasteiger partial charge in [0.1, 0.15) is 0 Å². The summed E-state index contributed by atoms with van der Waals surface area (Å²) in [5, 5.41) is 8.93. The summed E-state index contributed by atoms with van der Waals surface area (Å²) in [6, 6.07) is 8.15. The minimum absolute atomic E-state index is 0.0938. The van der Waals surface area contributed by atoms with Gasteiger partial charge in [-0.15, -0.1) is 0 Å². The van der Waals surface area contributed by atoms with Crippen molar-refractivity contribution in [2.24, 2.45) is 0 Å². The molecule has 0 saturated carbocycles. The quantitative estimate of drug-likeness (QED) is 0.602. The zero-order valence-electron chi connectivity index (χ0n) is 5.01. The van der Waals surface area contributed by atoms with Gasteiger partial charge in [-0.25, -0.2) is 0 Å². The molecular weight excluding hydrogens is 116 g/mol. The average Bonchev–Trinajstić information content (AvgIpc) is 1.89. The molecule has 1 N–H and O–H groups in total. The maximum atomic E-state index is 8.93. The van der Waals surface area contributed by atoms with E-state index < -0.39 is 0 Å². The van der Waals surface area contributed by atoms with Gasteiger partial charge in [0.05, 0.1) is 7.11 Å². The Morgan fingerprint density at radius 3 is 2.56 bits per heavy atom. The molecule has 2 heteroatoms. The molecule has 0 bridgehead atoms. The summed E-state index contributed by atoms with van der Waals surface area (Å²) in [5.41, 5.74) is 0. The summed E-state index contributed by atoms with van der Waals surface area (Å²) in [5.74, 6) is 0.519. The van der Waals surface area contributed by atoms with Crippen molar-refractivity contribution in [3.63, 3.8) is 0 Å². The predicted molar refractivity (Wildman–Crippen MR) is 32.3 cm³/mol. The SMILES string of the molecule is COc1cc#ccc1O. The first-order valence-corrected chi connectivity index (χ1v) is 2.49. The lowest BCUT2D eigenvalue weighted by atomic mass is 10.4. The first kappa shape index (κ1) is 5.77. The summed E-state index contributed by atoms with van der Waals surface area (Å²) in [6.45, 7) is 0. The fourth-order valence-corrected chi connectivity index (χ4v) is 0.526. The standard InChI is InChI=1S/C7H6O2/c1-9-7-5-3-2-4-6(7)8/h4-5,8H,1H3. The highest BCUT2D eigenvalue weighted by atomic mass is 16.5. The number of hydrogen-bond acceptors (Lipinski definition) is 2. The van der Waals surface area contributed by atoms with Gasteiger partial charge in [-0.2, -0.15) is 0 Å². The van der Waals surface area contributed by atoms with Gasteiger partial charge in [0.15, 0.2) is 11.5 Å². The summed E-state index contributed by atoms with van der Waals surface area (Å²) in [7, 11) is 1.49. The van der Waals surface area contributed by atoms with Gasteiger partial charge < -0.3 is 9.84 Å². The number of ether oxygens (including phenoxy) is 1. The molecule has 0 aliphatic rings. The lowest BCUT2D eigenvalue weighted by Crippen LogP contribution is -1.80. The van der Waals surface area contributed by atoms with E-state index in [0.717, 1.165) is 0 Å². The average molecular weight is 122 g/mol. The van der Waals surface area contributed by atoms with Crippen LogP contribution in [0.1, 0.15) is 0 Å². The molecule has 46 valence electrons. The molecular formula is C7H6O2.